The number of likely N-dealkylation sites (N-methyl/N-ethyl adjacent to an activating group) is 1. The molecule has 6 aromatic rings. The number of anilines is 1. The molecule has 1 aliphatic rings. The van der Waals surface area contributed by atoms with Crippen molar-refractivity contribution in [1.82, 2.24) is 23.8 Å². The molecular weight excluding hydrogens is 532 g/mol. The summed E-state index contributed by atoms with van der Waals surface area (Å²) < 4.78 is 30.1. The molecule has 0 aliphatic carbocycles. The minimum absolute atomic E-state index is 0.256. The van der Waals surface area contributed by atoms with Crippen LogP contribution in [0.2, 0.25) is 0 Å². The molecule has 1 N–H and O–H groups in total. The predicted molar refractivity (Wildman–Crippen MR) is 164 cm³/mol. The minimum atomic E-state index is -3.91. The number of imidazole rings is 1. The zero-order valence-electron chi connectivity index (χ0n) is 22.9. The normalized spacial score (nSPS) is 14.7. The van der Waals surface area contributed by atoms with Crippen molar-refractivity contribution < 1.29 is 8.42 Å². The number of fused-ring (bicyclic) bond motifs is 2. The van der Waals surface area contributed by atoms with Crippen LogP contribution in [0.3, 0.4) is 0 Å². The Balaban J connectivity index is 1.41. The molecule has 3 aromatic carbocycles. The number of aromatic nitrogens is 4. The quantitative estimate of drug-likeness (QED) is 0.297. The second kappa shape index (κ2) is 9.87. The Hall–Kier alpha value is -4.47. The summed E-state index contributed by atoms with van der Waals surface area (Å²) in [4.78, 5) is 17.4. The second-order valence-electron chi connectivity index (χ2n) is 10.7. The molecule has 4 heterocycles. The predicted octanol–water partition coefficient (Wildman–Crippen LogP) is 5.54. The van der Waals surface area contributed by atoms with Crippen LogP contribution in [-0.2, 0) is 10.0 Å². The zero-order valence-corrected chi connectivity index (χ0v) is 23.8. The van der Waals surface area contributed by atoms with Gasteiger partial charge < -0.3 is 14.8 Å². The van der Waals surface area contributed by atoms with Crippen molar-refractivity contribution in [2.45, 2.75) is 11.8 Å². The fourth-order valence-electron chi connectivity index (χ4n) is 5.50. The van der Waals surface area contributed by atoms with Crippen LogP contribution in [0, 0.1) is 6.92 Å². The topological polar surface area (TPSA) is 87.1 Å². The van der Waals surface area contributed by atoms with E-state index in [2.05, 4.69) is 32.9 Å². The lowest BCUT2D eigenvalue weighted by molar-refractivity contribution is 0.313. The van der Waals surface area contributed by atoms with Crippen molar-refractivity contribution in [3.05, 3.63) is 96.7 Å². The molecule has 206 valence electrons. The van der Waals surface area contributed by atoms with Crippen LogP contribution in [0.15, 0.2) is 96.0 Å². The van der Waals surface area contributed by atoms with Crippen molar-refractivity contribution in [2.24, 2.45) is 0 Å². The van der Waals surface area contributed by atoms with E-state index < -0.39 is 10.0 Å². The average Bonchev–Trinajstić information content (AvgIpc) is 3.60. The molecule has 0 bridgehead atoms. The molecule has 0 saturated carbocycles. The first kappa shape index (κ1) is 25.5. The van der Waals surface area contributed by atoms with Gasteiger partial charge in [0.15, 0.2) is 5.82 Å². The van der Waals surface area contributed by atoms with Gasteiger partial charge in [-0.05, 0) is 68.6 Å². The van der Waals surface area contributed by atoms with E-state index in [4.69, 9.17) is 4.98 Å². The van der Waals surface area contributed by atoms with Crippen molar-refractivity contribution in [1.29, 1.82) is 0 Å². The molecule has 0 atom stereocenters. The van der Waals surface area contributed by atoms with Gasteiger partial charge in [-0.2, -0.15) is 0 Å². The number of rotatable bonds is 5. The Morgan fingerprint density at radius 1 is 0.854 bits per heavy atom. The lowest BCUT2D eigenvalue weighted by Gasteiger charge is -2.34. The van der Waals surface area contributed by atoms with Crippen molar-refractivity contribution in [3.8, 4) is 22.8 Å². The number of aryl methyl sites for hydroxylation is 1. The maximum Gasteiger partial charge on any atom is 0.268 e. The molecule has 1 aliphatic heterocycles. The summed E-state index contributed by atoms with van der Waals surface area (Å²) >= 11 is 0. The van der Waals surface area contributed by atoms with Crippen molar-refractivity contribution >= 4 is 37.6 Å². The smallest absolute Gasteiger partial charge is 0.268 e. The van der Waals surface area contributed by atoms with E-state index >= 15 is 0 Å². The number of hydrogen-bond donors (Lipinski definition) is 1. The highest BCUT2D eigenvalue weighted by molar-refractivity contribution is 7.90. The van der Waals surface area contributed by atoms with Gasteiger partial charge in [0.2, 0.25) is 0 Å². The Bertz CT molecular complexity index is 1990. The first-order valence-electron chi connectivity index (χ1n) is 13.7. The molecule has 0 radical (unpaired) electrons. The van der Waals surface area contributed by atoms with Crippen molar-refractivity contribution in [3.63, 3.8) is 0 Å². The number of nitrogens with one attached hydrogen (secondary N) is 1. The monoisotopic (exact) mass is 562 g/mol. The van der Waals surface area contributed by atoms with Gasteiger partial charge in [-0.3, -0.25) is 4.98 Å². The molecule has 9 heteroatoms. The van der Waals surface area contributed by atoms with E-state index in [9.17, 15) is 8.42 Å². The van der Waals surface area contributed by atoms with Crippen LogP contribution in [0.5, 0.6) is 0 Å². The third-order valence-corrected chi connectivity index (χ3v) is 9.60. The van der Waals surface area contributed by atoms with Gasteiger partial charge in [0.05, 0.1) is 27.1 Å². The Morgan fingerprint density at radius 3 is 2.41 bits per heavy atom. The fraction of sp³-hybridized carbons (Fsp3) is 0.188. The average molecular weight is 563 g/mol. The molecule has 7 rings (SSSR count). The summed E-state index contributed by atoms with van der Waals surface area (Å²) in [6.07, 6.45) is 1.73. The van der Waals surface area contributed by atoms with Gasteiger partial charge in [-0.15, -0.1) is 0 Å². The van der Waals surface area contributed by atoms with Gasteiger partial charge in [0, 0.05) is 49.0 Å². The van der Waals surface area contributed by atoms with E-state index in [-0.39, 0.29) is 4.90 Å². The van der Waals surface area contributed by atoms with Gasteiger partial charge in [0.1, 0.15) is 5.69 Å². The van der Waals surface area contributed by atoms with Crippen LogP contribution in [0.4, 0.5) is 5.69 Å². The lowest BCUT2D eigenvalue weighted by Crippen LogP contribution is -2.44. The van der Waals surface area contributed by atoms with Gasteiger partial charge in [-0.25, -0.2) is 17.4 Å². The largest absolute Gasteiger partial charge is 0.369 e. The number of aromatic amines is 1. The highest BCUT2D eigenvalue weighted by Crippen LogP contribution is 2.36. The van der Waals surface area contributed by atoms with Crippen molar-refractivity contribution in [2.75, 3.05) is 38.1 Å². The van der Waals surface area contributed by atoms with E-state index in [1.54, 1.807) is 18.3 Å². The molecule has 0 unspecified atom stereocenters. The number of benzene rings is 3. The maximum absolute atomic E-state index is 14.3. The van der Waals surface area contributed by atoms with Crippen LogP contribution in [0.25, 0.3) is 44.7 Å². The molecule has 1 saturated heterocycles. The highest BCUT2D eigenvalue weighted by Gasteiger charge is 2.25. The molecular formula is C32H30N6O2S. The number of H-pyrrole nitrogens is 1. The van der Waals surface area contributed by atoms with Crippen LogP contribution >= 0.6 is 0 Å². The van der Waals surface area contributed by atoms with Gasteiger partial charge >= 0.3 is 0 Å². The van der Waals surface area contributed by atoms with E-state index in [1.165, 1.54) is 3.97 Å². The highest BCUT2D eigenvalue weighted by atomic mass is 32.2. The number of pyridine rings is 1. The molecule has 8 nitrogen and oxygen atoms in total. The van der Waals surface area contributed by atoms with Crippen LogP contribution in [-0.4, -0.2) is 65.5 Å². The first-order valence-corrected chi connectivity index (χ1v) is 15.1. The standard InChI is InChI=1S/C32H30N6O2S/c1-22-6-11-26(12-7-22)41(39,40)38-30(20-24-8-10-25(21-31(24)38)37-17-15-36(2)16-18-37)23-9-13-27-29(19-23)35-32(34-27)28-5-3-4-14-33-28/h3-14,19-21H,15-18H2,1-2H3,(H,34,35). The fourth-order valence-corrected chi connectivity index (χ4v) is 7.02. The molecule has 1 fully saturated rings. The summed E-state index contributed by atoms with van der Waals surface area (Å²) in [5.74, 6) is 0.669. The zero-order chi connectivity index (χ0) is 28.1. The van der Waals surface area contributed by atoms with Crippen LogP contribution in [0.1, 0.15) is 5.56 Å². The third-order valence-electron chi connectivity index (χ3n) is 7.86. The number of nitrogens with zero attached hydrogens (tertiary/aromatic N) is 5. The van der Waals surface area contributed by atoms with E-state index in [0.717, 1.165) is 65.1 Å². The van der Waals surface area contributed by atoms with E-state index in [0.29, 0.717) is 17.0 Å². The van der Waals surface area contributed by atoms with Gasteiger partial charge in [0.25, 0.3) is 10.0 Å². The first-order chi connectivity index (χ1) is 19.9. The minimum Gasteiger partial charge on any atom is -0.369 e. The summed E-state index contributed by atoms with van der Waals surface area (Å²) in [5.41, 5.74) is 6.43. The molecule has 3 aromatic heterocycles. The molecule has 0 spiro atoms. The summed E-state index contributed by atoms with van der Waals surface area (Å²) in [5, 5.41) is 0.868. The Labute approximate surface area is 238 Å². The SMILES string of the molecule is Cc1ccc(S(=O)(=O)n2c(-c3ccc4nc(-c5ccccn5)[nH]c4c3)cc3ccc(N4CCN(C)CC4)cc32)cc1. The summed E-state index contributed by atoms with van der Waals surface area (Å²) in [7, 11) is -1.78. The molecule has 0 amide bonds. The number of piperazine rings is 1. The van der Waals surface area contributed by atoms with Crippen LogP contribution < -0.4 is 4.90 Å². The maximum atomic E-state index is 14.3. The lowest BCUT2D eigenvalue weighted by atomic mass is 10.1. The Morgan fingerprint density at radius 2 is 1.66 bits per heavy atom. The summed E-state index contributed by atoms with van der Waals surface area (Å²) in [6.45, 7) is 5.69. The number of hydrogen-bond acceptors (Lipinski definition) is 6. The van der Waals surface area contributed by atoms with E-state index in [1.807, 2.05) is 73.7 Å². The third kappa shape index (κ3) is 4.57. The summed E-state index contributed by atoms with van der Waals surface area (Å²) in [6, 6.07) is 26.7. The second-order valence-corrected chi connectivity index (χ2v) is 12.5. The van der Waals surface area contributed by atoms with Gasteiger partial charge in [-0.1, -0.05) is 35.9 Å². The molecule has 41 heavy (non-hydrogen) atoms. The Kier molecular flexibility index (Phi) is 6.13.